The average Bonchev–Trinajstić information content (AvgIpc) is 2.84. The van der Waals surface area contributed by atoms with Crippen LogP contribution in [0, 0.1) is 0 Å². The van der Waals surface area contributed by atoms with E-state index in [0.29, 0.717) is 18.0 Å². The van der Waals surface area contributed by atoms with Gasteiger partial charge < -0.3 is 4.74 Å². The summed E-state index contributed by atoms with van der Waals surface area (Å²) in [7, 11) is -4.02. The summed E-state index contributed by atoms with van der Waals surface area (Å²) in [6.07, 6.45) is 3.40. The van der Waals surface area contributed by atoms with Gasteiger partial charge in [-0.05, 0) is 67.8 Å². The van der Waals surface area contributed by atoms with Gasteiger partial charge in [0.2, 0.25) is 0 Å². The van der Waals surface area contributed by atoms with Crippen LogP contribution in [0.1, 0.15) is 12.5 Å². The van der Waals surface area contributed by atoms with Crippen molar-refractivity contribution >= 4 is 55.5 Å². The number of hydrogen-bond acceptors (Lipinski definition) is 6. The van der Waals surface area contributed by atoms with Gasteiger partial charge in [-0.3, -0.25) is 9.10 Å². The quantitative estimate of drug-likeness (QED) is 0.216. The van der Waals surface area contributed by atoms with Crippen molar-refractivity contribution in [3.05, 3.63) is 82.8 Å². The Hall–Kier alpha value is -2.82. The maximum atomic E-state index is 13.5. The minimum Gasteiger partial charge on any atom is -0.494 e. The van der Waals surface area contributed by atoms with Gasteiger partial charge in [-0.25, -0.2) is 13.8 Å². The third-order valence-electron chi connectivity index (χ3n) is 4.67. The molecule has 0 atom stereocenters. The number of amides is 1. The van der Waals surface area contributed by atoms with Crippen molar-refractivity contribution in [2.45, 2.75) is 16.7 Å². The molecule has 0 saturated carbocycles. The van der Waals surface area contributed by atoms with Crippen LogP contribution in [0.5, 0.6) is 5.75 Å². The monoisotopic (exact) mass is 561 g/mol. The van der Waals surface area contributed by atoms with E-state index in [1.807, 2.05) is 37.4 Å². The molecule has 0 radical (unpaired) electrons. The van der Waals surface area contributed by atoms with Crippen LogP contribution in [0.15, 0.2) is 92.2 Å². The van der Waals surface area contributed by atoms with Crippen LogP contribution in [0.3, 0.4) is 0 Å². The number of rotatable bonds is 10. The molecule has 0 bridgehead atoms. The molecule has 0 saturated heterocycles. The van der Waals surface area contributed by atoms with Gasteiger partial charge >= 0.3 is 0 Å². The van der Waals surface area contributed by atoms with Crippen LogP contribution < -0.4 is 14.5 Å². The van der Waals surface area contributed by atoms with Crippen molar-refractivity contribution in [1.82, 2.24) is 5.43 Å². The SMILES string of the molecule is CCOc1ccc(N(CC(=O)N/N=C\c2ccccc2Br)S(=O)(=O)c2ccc(SC)cc2)cc1. The average molecular weight is 563 g/mol. The lowest BCUT2D eigenvalue weighted by atomic mass is 10.2. The highest BCUT2D eigenvalue weighted by Gasteiger charge is 2.27. The van der Waals surface area contributed by atoms with Crippen LogP contribution in [0.4, 0.5) is 5.69 Å². The number of nitrogens with one attached hydrogen (secondary N) is 1. The normalized spacial score (nSPS) is 11.4. The smallest absolute Gasteiger partial charge is 0.264 e. The summed E-state index contributed by atoms with van der Waals surface area (Å²) in [5.74, 6) is 0.0249. The Kier molecular flexibility index (Phi) is 9.14. The molecule has 178 valence electrons. The molecule has 7 nitrogen and oxygen atoms in total. The van der Waals surface area contributed by atoms with E-state index < -0.39 is 22.5 Å². The molecular weight excluding hydrogens is 538 g/mol. The molecule has 1 N–H and O–H groups in total. The number of benzene rings is 3. The molecular formula is C24H24BrN3O4S2. The number of carbonyl (C=O) groups excluding carboxylic acids is 1. The second-order valence-electron chi connectivity index (χ2n) is 6.93. The Morgan fingerprint density at radius 3 is 2.38 bits per heavy atom. The number of carbonyl (C=O) groups is 1. The molecule has 0 spiro atoms. The van der Waals surface area contributed by atoms with E-state index in [1.54, 1.807) is 36.4 Å². The highest BCUT2D eigenvalue weighted by molar-refractivity contribution is 9.10. The van der Waals surface area contributed by atoms with E-state index >= 15 is 0 Å². The van der Waals surface area contributed by atoms with Gasteiger partial charge in [-0.2, -0.15) is 5.10 Å². The fourth-order valence-corrected chi connectivity index (χ4v) is 5.20. The fourth-order valence-electron chi connectivity index (χ4n) is 2.98. The summed E-state index contributed by atoms with van der Waals surface area (Å²) in [6.45, 7) is 1.90. The predicted molar refractivity (Wildman–Crippen MR) is 140 cm³/mol. The Bertz CT molecular complexity index is 1250. The first-order valence-electron chi connectivity index (χ1n) is 10.3. The van der Waals surface area contributed by atoms with Crippen LogP contribution in [-0.4, -0.2) is 39.9 Å². The van der Waals surface area contributed by atoms with Crippen LogP contribution in [0.25, 0.3) is 0 Å². The van der Waals surface area contributed by atoms with E-state index in [-0.39, 0.29) is 4.90 Å². The summed E-state index contributed by atoms with van der Waals surface area (Å²) in [6, 6.07) is 20.5. The highest BCUT2D eigenvalue weighted by atomic mass is 79.9. The largest absolute Gasteiger partial charge is 0.494 e. The first-order chi connectivity index (χ1) is 16.3. The number of ether oxygens (including phenoxy) is 1. The highest BCUT2D eigenvalue weighted by Crippen LogP contribution is 2.27. The zero-order valence-corrected chi connectivity index (χ0v) is 21.9. The Labute approximate surface area is 212 Å². The zero-order valence-electron chi connectivity index (χ0n) is 18.6. The molecule has 3 rings (SSSR count). The first kappa shape index (κ1) is 25.8. The van der Waals surface area contributed by atoms with Crippen molar-refractivity contribution < 1.29 is 17.9 Å². The molecule has 0 unspecified atom stereocenters. The molecule has 0 aliphatic carbocycles. The van der Waals surface area contributed by atoms with E-state index in [0.717, 1.165) is 19.2 Å². The summed E-state index contributed by atoms with van der Waals surface area (Å²) < 4.78 is 34.3. The number of sulfonamides is 1. The fraction of sp³-hybridized carbons (Fsp3) is 0.167. The first-order valence-corrected chi connectivity index (χ1v) is 13.8. The number of hydrazone groups is 1. The van der Waals surface area contributed by atoms with Gasteiger partial charge in [0, 0.05) is 14.9 Å². The maximum absolute atomic E-state index is 13.5. The lowest BCUT2D eigenvalue weighted by Gasteiger charge is -2.24. The summed E-state index contributed by atoms with van der Waals surface area (Å²) >= 11 is 4.92. The lowest BCUT2D eigenvalue weighted by Crippen LogP contribution is -2.39. The molecule has 3 aromatic rings. The molecule has 0 heterocycles. The molecule has 10 heteroatoms. The van der Waals surface area contributed by atoms with Crippen molar-refractivity contribution in [3.63, 3.8) is 0 Å². The molecule has 1 amide bonds. The summed E-state index contributed by atoms with van der Waals surface area (Å²) in [5, 5.41) is 3.97. The topological polar surface area (TPSA) is 88.1 Å². The third-order valence-corrected chi connectivity index (χ3v) is 7.92. The number of anilines is 1. The molecule has 0 fully saturated rings. The Balaban J connectivity index is 1.86. The zero-order chi connectivity index (χ0) is 24.6. The van der Waals surface area contributed by atoms with Gasteiger partial charge in [-0.1, -0.05) is 34.1 Å². The summed E-state index contributed by atoms with van der Waals surface area (Å²) in [4.78, 5) is 13.7. The number of nitrogens with zero attached hydrogens (tertiary/aromatic N) is 2. The van der Waals surface area contributed by atoms with Gasteiger partial charge in [0.1, 0.15) is 12.3 Å². The third kappa shape index (κ3) is 6.62. The van der Waals surface area contributed by atoms with E-state index in [4.69, 9.17) is 4.74 Å². The van der Waals surface area contributed by atoms with Gasteiger partial charge in [0.25, 0.3) is 15.9 Å². The summed E-state index contributed by atoms with van der Waals surface area (Å²) in [5.41, 5.74) is 3.51. The lowest BCUT2D eigenvalue weighted by molar-refractivity contribution is -0.119. The molecule has 34 heavy (non-hydrogen) atoms. The number of hydrogen-bond donors (Lipinski definition) is 1. The van der Waals surface area contributed by atoms with Crippen LogP contribution in [-0.2, 0) is 14.8 Å². The maximum Gasteiger partial charge on any atom is 0.264 e. The van der Waals surface area contributed by atoms with Crippen molar-refractivity contribution in [2.24, 2.45) is 5.10 Å². The minimum atomic E-state index is -4.02. The standard InChI is InChI=1S/C24H24BrN3O4S2/c1-3-32-20-10-8-19(9-11-20)28(34(30,31)22-14-12-21(33-2)13-15-22)17-24(29)27-26-16-18-6-4-5-7-23(18)25/h4-16H,3,17H2,1-2H3,(H,27,29)/b26-16-. The van der Waals surface area contributed by atoms with E-state index in [1.165, 1.54) is 30.1 Å². The number of thioether (sulfide) groups is 1. The van der Waals surface area contributed by atoms with Crippen molar-refractivity contribution in [2.75, 3.05) is 23.7 Å². The van der Waals surface area contributed by atoms with Gasteiger partial charge in [-0.15, -0.1) is 11.8 Å². The number of halogens is 1. The van der Waals surface area contributed by atoms with Crippen molar-refractivity contribution in [3.8, 4) is 5.75 Å². The van der Waals surface area contributed by atoms with Crippen molar-refractivity contribution in [1.29, 1.82) is 0 Å². The second-order valence-corrected chi connectivity index (χ2v) is 10.5. The van der Waals surface area contributed by atoms with Crippen LogP contribution in [0.2, 0.25) is 0 Å². The van der Waals surface area contributed by atoms with E-state index in [9.17, 15) is 13.2 Å². The Morgan fingerprint density at radius 2 is 1.76 bits per heavy atom. The molecule has 0 aromatic heterocycles. The molecule has 3 aromatic carbocycles. The minimum absolute atomic E-state index is 0.0868. The molecule has 0 aliphatic rings. The van der Waals surface area contributed by atoms with Gasteiger partial charge in [0.15, 0.2) is 0 Å². The Morgan fingerprint density at radius 1 is 1.09 bits per heavy atom. The van der Waals surface area contributed by atoms with Crippen LogP contribution >= 0.6 is 27.7 Å². The van der Waals surface area contributed by atoms with Gasteiger partial charge in [0.05, 0.1) is 23.4 Å². The second kappa shape index (κ2) is 12.0. The molecule has 0 aliphatic heterocycles. The predicted octanol–water partition coefficient (Wildman–Crippen LogP) is 4.92. The van der Waals surface area contributed by atoms with E-state index in [2.05, 4.69) is 26.5 Å².